The van der Waals surface area contributed by atoms with Gasteiger partial charge in [0.25, 0.3) is 0 Å². The van der Waals surface area contributed by atoms with E-state index in [1.165, 1.54) is 31.4 Å². The van der Waals surface area contributed by atoms with Crippen LogP contribution in [-0.4, -0.2) is 11.9 Å². The lowest BCUT2D eigenvalue weighted by molar-refractivity contribution is -0.118. The average Bonchev–Trinajstić information content (AvgIpc) is 3.03. The van der Waals surface area contributed by atoms with Gasteiger partial charge in [-0.25, -0.2) is 0 Å². The van der Waals surface area contributed by atoms with Crippen LogP contribution in [0.5, 0.6) is 0 Å². The fraction of sp³-hybridized carbons (Fsp3) is 0.588. The average molecular weight is 272 g/mol. The molecule has 2 bridgehead atoms. The van der Waals surface area contributed by atoms with E-state index in [0.717, 1.165) is 17.5 Å². The number of hydrogen-bond acceptors (Lipinski definition) is 2. The molecule has 20 heavy (non-hydrogen) atoms. The van der Waals surface area contributed by atoms with Gasteiger partial charge in [-0.15, -0.1) is 0 Å². The first-order valence-electron chi connectivity index (χ1n) is 7.79. The highest BCUT2D eigenvalue weighted by Gasteiger charge is 2.39. The van der Waals surface area contributed by atoms with Gasteiger partial charge in [-0.05, 0) is 55.4 Å². The van der Waals surface area contributed by atoms with E-state index in [1.54, 1.807) is 0 Å². The van der Waals surface area contributed by atoms with Gasteiger partial charge in [-0.2, -0.15) is 0 Å². The van der Waals surface area contributed by atoms with Crippen LogP contribution in [0.1, 0.15) is 39.5 Å². The number of carbonyl (C=O) groups excluding carboxylic acids is 1. The Kier molecular flexibility index (Phi) is 3.68. The minimum Gasteiger partial charge on any atom is -0.382 e. The van der Waals surface area contributed by atoms with Crippen molar-refractivity contribution in [3.05, 3.63) is 24.3 Å². The summed E-state index contributed by atoms with van der Waals surface area (Å²) in [5, 5.41) is 6.59. The molecule has 1 amide bonds. The molecule has 2 fully saturated rings. The lowest BCUT2D eigenvalue weighted by atomic mass is 9.95. The van der Waals surface area contributed by atoms with E-state index in [0.29, 0.717) is 6.04 Å². The molecular weight excluding hydrogens is 248 g/mol. The highest BCUT2D eigenvalue weighted by molar-refractivity contribution is 5.92. The molecule has 2 aliphatic carbocycles. The third-order valence-electron chi connectivity index (χ3n) is 4.77. The van der Waals surface area contributed by atoms with Crippen molar-refractivity contribution in [3.8, 4) is 0 Å². The third-order valence-corrected chi connectivity index (χ3v) is 4.77. The van der Waals surface area contributed by atoms with E-state index >= 15 is 0 Å². The fourth-order valence-electron chi connectivity index (χ4n) is 3.57. The van der Waals surface area contributed by atoms with Gasteiger partial charge in [-0.3, -0.25) is 4.79 Å². The van der Waals surface area contributed by atoms with Crippen LogP contribution in [0.15, 0.2) is 24.3 Å². The second kappa shape index (κ2) is 5.47. The van der Waals surface area contributed by atoms with Gasteiger partial charge in [0, 0.05) is 23.3 Å². The molecule has 2 N–H and O–H groups in total. The molecule has 0 aliphatic heterocycles. The Morgan fingerprint density at radius 2 is 1.80 bits per heavy atom. The molecule has 0 aromatic heterocycles. The first-order valence-corrected chi connectivity index (χ1v) is 7.79. The second-order valence-electron chi connectivity index (χ2n) is 6.65. The monoisotopic (exact) mass is 272 g/mol. The van der Waals surface area contributed by atoms with Crippen LogP contribution in [0.2, 0.25) is 0 Å². The summed E-state index contributed by atoms with van der Waals surface area (Å²) in [5.41, 5.74) is 2.05. The molecule has 2 aliphatic rings. The maximum absolute atomic E-state index is 11.6. The Morgan fingerprint density at radius 3 is 2.35 bits per heavy atom. The van der Waals surface area contributed by atoms with Crippen LogP contribution in [0, 0.1) is 17.8 Å². The van der Waals surface area contributed by atoms with E-state index in [4.69, 9.17) is 0 Å². The van der Waals surface area contributed by atoms with Crippen LogP contribution >= 0.6 is 0 Å². The summed E-state index contributed by atoms with van der Waals surface area (Å²) in [4.78, 5) is 11.6. The Bertz CT molecular complexity index is 480. The van der Waals surface area contributed by atoms with E-state index in [1.807, 2.05) is 26.0 Å². The molecule has 0 saturated heterocycles. The lowest BCUT2D eigenvalue weighted by Crippen LogP contribution is -2.25. The molecule has 1 aromatic carbocycles. The number of amides is 1. The van der Waals surface area contributed by atoms with Crippen LogP contribution in [0.4, 0.5) is 11.4 Å². The quantitative estimate of drug-likeness (QED) is 0.873. The fourth-order valence-corrected chi connectivity index (χ4v) is 3.57. The van der Waals surface area contributed by atoms with E-state index in [-0.39, 0.29) is 11.8 Å². The topological polar surface area (TPSA) is 41.1 Å². The van der Waals surface area contributed by atoms with Crippen LogP contribution in [-0.2, 0) is 4.79 Å². The van der Waals surface area contributed by atoms with Gasteiger partial charge >= 0.3 is 0 Å². The SMILES string of the molecule is CC(C)C(=O)Nc1ccc(NC2CC3CCC2C3)cc1. The van der Waals surface area contributed by atoms with Crippen molar-refractivity contribution in [2.24, 2.45) is 17.8 Å². The van der Waals surface area contributed by atoms with E-state index in [9.17, 15) is 4.79 Å². The predicted octanol–water partition coefficient (Wildman–Crippen LogP) is 3.88. The summed E-state index contributed by atoms with van der Waals surface area (Å²) in [6.07, 6.45) is 5.57. The molecule has 3 nitrogen and oxygen atoms in total. The number of hydrogen-bond donors (Lipinski definition) is 2. The minimum absolute atomic E-state index is 0.0156. The van der Waals surface area contributed by atoms with Crippen LogP contribution in [0.3, 0.4) is 0 Å². The summed E-state index contributed by atoms with van der Waals surface area (Å²) >= 11 is 0. The highest BCUT2D eigenvalue weighted by Crippen LogP contribution is 2.45. The number of rotatable bonds is 4. The van der Waals surface area contributed by atoms with Gasteiger partial charge in [-0.1, -0.05) is 20.3 Å². The first-order chi connectivity index (χ1) is 9.61. The molecule has 108 valence electrons. The van der Waals surface area contributed by atoms with Crippen molar-refractivity contribution in [1.82, 2.24) is 0 Å². The number of anilines is 2. The Balaban J connectivity index is 1.57. The standard InChI is InChI=1S/C17H24N2O/c1-11(2)17(20)19-15-7-5-14(6-8-15)18-16-10-12-3-4-13(16)9-12/h5-8,11-13,16,18H,3-4,9-10H2,1-2H3,(H,19,20). The Hall–Kier alpha value is -1.51. The maximum Gasteiger partial charge on any atom is 0.226 e. The summed E-state index contributed by atoms with van der Waals surface area (Å²) in [5.74, 6) is 1.92. The van der Waals surface area contributed by atoms with E-state index < -0.39 is 0 Å². The molecule has 0 heterocycles. The second-order valence-corrected chi connectivity index (χ2v) is 6.65. The number of fused-ring (bicyclic) bond motifs is 2. The number of carbonyl (C=O) groups is 1. The summed E-state index contributed by atoms with van der Waals surface area (Å²) in [6.45, 7) is 3.81. The summed E-state index contributed by atoms with van der Waals surface area (Å²) < 4.78 is 0. The molecule has 3 unspecified atom stereocenters. The van der Waals surface area contributed by atoms with Gasteiger partial charge in [0.1, 0.15) is 0 Å². The minimum atomic E-state index is 0.0156. The van der Waals surface area contributed by atoms with Crippen molar-refractivity contribution >= 4 is 17.3 Å². The molecule has 2 saturated carbocycles. The van der Waals surface area contributed by atoms with Gasteiger partial charge in [0.15, 0.2) is 0 Å². The van der Waals surface area contributed by atoms with Gasteiger partial charge < -0.3 is 10.6 Å². The smallest absolute Gasteiger partial charge is 0.226 e. The van der Waals surface area contributed by atoms with Crippen molar-refractivity contribution in [3.63, 3.8) is 0 Å². The van der Waals surface area contributed by atoms with Crippen LogP contribution in [0.25, 0.3) is 0 Å². The Labute approximate surface area is 121 Å². The van der Waals surface area contributed by atoms with Gasteiger partial charge in [0.05, 0.1) is 0 Å². The van der Waals surface area contributed by atoms with Crippen molar-refractivity contribution < 1.29 is 4.79 Å². The first kappa shape index (κ1) is 13.5. The summed E-state index contributed by atoms with van der Waals surface area (Å²) in [6, 6.07) is 8.76. The molecule has 3 heteroatoms. The number of nitrogens with one attached hydrogen (secondary N) is 2. The third kappa shape index (κ3) is 2.82. The molecule has 3 rings (SSSR count). The number of benzene rings is 1. The molecule has 1 aromatic rings. The van der Waals surface area contributed by atoms with E-state index in [2.05, 4.69) is 22.8 Å². The van der Waals surface area contributed by atoms with Crippen molar-refractivity contribution in [1.29, 1.82) is 0 Å². The lowest BCUT2D eigenvalue weighted by Gasteiger charge is -2.24. The molecule has 3 atom stereocenters. The molecule has 0 spiro atoms. The highest BCUT2D eigenvalue weighted by atomic mass is 16.1. The largest absolute Gasteiger partial charge is 0.382 e. The van der Waals surface area contributed by atoms with Crippen molar-refractivity contribution in [2.45, 2.75) is 45.6 Å². The molecule has 0 radical (unpaired) electrons. The zero-order valence-electron chi connectivity index (χ0n) is 12.4. The van der Waals surface area contributed by atoms with Gasteiger partial charge in [0.2, 0.25) is 5.91 Å². The van der Waals surface area contributed by atoms with Crippen LogP contribution < -0.4 is 10.6 Å². The predicted molar refractivity (Wildman–Crippen MR) is 82.8 cm³/mol. The maximum atomic E-state index is 11.6. The Morgan fingerprint density at radius 1 is 1.10 bits per heavy atom. The zero-order valence-corrected chi connectivity index (χ0v) is 12.4. The molecular formula is C17H24N2O. The normalized spacial score (nSPS) is 27.9. The van der Waals surface area contributed by atoms with Crippen molar-refractivity contribution in [2.75, 3.05) is 10.6 Å². The zero-order chi connectivity index (χ0) is 14.1. The summed E-state index contributed by atoms with van der Waals surface area (Å²) in [7, 11) is 0.